The van der Waals surface area contributed by atoms with Crippen LogP contribution in [0.4, 0.5) is 0 Å². The first-order chi connectivity index (χ1) is 7.30. The second-order valence-electron chi connectivity index (χ2n) is 4.74. The van der Waals surface area contributed by atoms with E-state index in [1.54, 1.807) is 0 Å². The number of likely N-dealkylation sites (tertiary alicyclic amines) is 1. The fourth-order valence-electron chi connectivity index (χ4n) is 1.89. The zero-order valence-corrected chi connectivity index (χ0v) is 11.6. The number of alkyl halides is 1. The number of carbonyl (C=O) groups is 2. The van der Waals surface area contributed by atoms with Crippen LogP contribution in [0.5, 0.6) is 0 Å². The summed E-state index contributed by atoms with van der Waals surface area (Å²) in [7, 11) is 0. The van der Waals surface area contributed by atoms with E-state index in [9.17, 15) is 9.59 Å². The zero-order chi connectivity index (χ0) is 12.3. The van der Waals surface area contributed by atoms with Crippen molar-refractivity contribution in [3.63, 3.8) is 0 Å². The number of nitrogens with one attached hydrogen (secondary N) is 1. The molecule has 0 aromatic carbocycles. The van der Waals surface area contributed by atoms with Crippen LogP contribution in [0.15, 0.2) is 0 Å². The van der Waals surface area contributed by atoms with Crippen molar-refractivity contribution in [3.05, 3.63) is 0 Å². The molecule has 0 saturated carbocycles. The van der Waals surface area contributed by atoms with Crippen molar-refractivity contribution < 1.29 is 9.59 Å². The van der Waals surface area contributed by atoms with E-state index in [2.05, 4.69) is 21.2 Å². The van der Waals surface area contributed by atoms with E-state index >= 15 is 0 Å². The highest BCUT2D eigenvalue weighted by molar-refractivity contribution is 9.10. The van der Waals surface area contributed by atoms with Crippen molar-refractivity contribution >= 4 is 27.7 Å². The van der Waals surface area contributed by atoms with Crippen molar-refractivity contribution in [2.75, 3.05) is 13.1 Å². The maximum Gasteiger partial charge on any atom is 0.238 e. The van der Waals surface area contributed by atoms with Gasteiger partial charge in [-0.1, -0.05) is 15.9 Å². The second-order valence-corrected chi connectivity index (χ2v) is 6.72. The first-order valence-electron chi connectivity index (χ1n) is 5.56. The average molecular weight is 291 g/mol. The Bertz CT molecular complexity index is 278. The number of amides is 2. The summed E-state index contributed by atoms with van der Waals surface area (Å²) >= 11 is 3.37. The summed E-state index contributed by atoms with van der Waals surface area (Å²) in [6.07, 6.45) is 1.68. The molecule has 1 heterocycles. The molecule has 0 aromatic rings. The highest BCUT2D eigenvalue weighted by Gasteiger charge is 2.31. The van der Waals surface area contributed by atoms with Crippen molar-refractivity contribution in [2.45, 2.75) is 44.0 Å². The summed E-state index contributed by atoms with van der Waals surface area (Å²) in [6, 6.07) is 0.222. The highest BCUT2D eigenvalue weighted by atomic mass is 79.9. The summed E-state index contributed by atoms with van der Waals surface area (Å²) in [6.45, 7) is 6.68. The predicted molar refractivity (Wildman–Crippen MR) is 66.4 cm³/mol. The molecule has 1 fully saturated rings. The Balaban J connectivity index is 2.43. The molecule has 16 heavy (non-hydrogen) atoms. The topological polar surface area (TPSA) is 49.4 Å². The molecule has 0 radical (unpaired) electrons. The lowest BCUT2D eigenvalue weighted by Crippen LogP contribution is -2.49. The van der Waals surface area contributed by atoms with Gasteiger partial charge in [-0.25, -0.2) is 0 Å². The van der Waals surface area contributed by atoms with Crippen LogP contribution in [0.2, 0.25) is 0 Å². The van der Waals surface area contributed by atoms with Crippen LogP contribution in [-0.2, 0) is 9.59 Å². The Hall–Kier alpha value is -0.580. The van der Waals surface area contributed by atoms with Crippen LogP contribution in [0.3, 0.4) is 0 Å². The maximum atomic E-state index is 11.9. The molecule has 1 N–H and O–H groups in total. The molecule has 0 aliphatic carbocycles. The van der Waals surface area contributed by atoms with Gasteiger partial charge < -0.3 is 10.2 Å². The van der Waals surface area contributed by atoms with Crippen molar-refractivity contribution in [2.24, 2.45) is 0 Å². The van der Waals surface area contributed by atoms with Crippen LogP contribution >= 0.6 is 15.9 Å². The maximum absolute atomic E-state index is 11.9. The lowest BCUT2D eigenvalue weighted by atomic mass is 10.0. The number of carbonyl (C=O) groups excluding carboxylic acids is 2. The van der Waals surface area contributed by atoms with Crippen LogP contribution in [0, 0.1) is 0 Å². The number of rotatable bonds is 2. The van der Waals surface area contributed by atoms with Gasteiger partial charge in [0.2, 0.25) is 11.8 Å². The van der Waals surface area contributed by atoms with E-state index in [0.29, 0.717) is 0 Å². The zero-order valence-electron chi connectivity index (χ0n) is 10.0. The van der Waals surface area contributed by atoms with Crippen LogP contribution < -0.4 is 5.32 Å². The molecule has 92 valence electrons. The number of hydrogen-bond acceptors (Lipinski definition) is 2. The Morgan fingerprint density at radius 2 is 1.81 bits per heavy atom. The molecule has 1 aliphatic rings. The van der Waals surface area contributed by atoms with E-state index in [4.69, 9.17) is 0 Å². The van der Waals surface area contributed by atoms with Gasteiger partial charge in [-0.15, -0.1) is 0 Å². The minimum atomic E-state index is -0.492. The Morgan fingerprint density at radius 3 is 2.19 bits per heavy atom. The van der Waals surface area contributed by atoms with Gasteiger partial charge in [0.1, 0.15) is 0 Å². The largest absolute Gasteiger partial charge is 0.353 e. The first-order valence-corrected chi connectivity index (χ1v) is 6.35. The highest BCUT2D eigenvalue weighted by Crippen LogP contribution is 2.22. The Morgan fingerprint density at radius 1 is 1.31 bits per heavy atom. The van der Waals surface area contributed by atoms with Gasteiger partial charge in [0.05, 0.1) is 4.32 Å². The lowest BCUT2D eigenvalue weighted by Gasteiger charge is -2.35. The molecule has 1 aliphatic heterocycles. The standard InChI is InChI=1S/C11H19BrN2O2/c1-8(15)13-9-4-6-14(7-5-9)10(16)11(2,3)12/h9H,4-7H2,1-3H3,(H,13,15). The van der Waals surface area contributed by atoms with E-state index in [1.807, 2.05) is 18.7 Å². The molecular formula is C11H19BrN2O2. The number of nitrogens with zero attached hydrogens (tertiary/aromatic N) is 1. The molecule has 0 unspecified atom stereocenters. The lowest BCUT2D eigenvalue weighted by molar-refractivity contribution is -0.133. The van der Waals surface area contributed by atoms with Gasteiger partial charge in [0, 0.05) is 26.1 Å². The summed E-state index contributed by atoms with van der Waals surface area (Å²) in [5.74, 6) is 0.124. The van der Waals surface area contributed by atoms with E-state index in [1.165, 1.54) is 6.92 Å². The molecule has 0 spiro atoms. The number of halogens is 1. The van der Waals surface area contributed by atoms with Crippen LogP contribution in [0.25, 0.3) is 0 Å². The van der Waals surface area contributed by atoms with Crippen molar-refractivity contribution in [1.82, 2.24) is 10.2 Å². The second kappa shape index (κ2) is 5.17. The summed E-state index contributed by atoms with van der Waals surface area (Å²) < 4.78 is -0.492. The monoisotopic (exact) mass is 290 g/mol. The molecule has 1 saturated heterocycles. The van der Waals surface area contributed by atoms with Gasteiger partial charge in [0.25, 0.3) is 0 Å². The van der Waals surface area contributed by atoms with Gasteiger partial charge in [-0.3, -0.25) is 9.59 Å². The van der Waals surface area contributed by atoms with Gasteiger partial charge in [-0.05, 0) is 26.7 Å². The average Bonchev–Trinajstić information content (AvgIpc) is 2.15. The third-order valence-corrected chi connectivity index (χ3v) is 3.04. The fraction of sp³-hybridized carbons (Fsp3) is 0.818. The van der Waals surface area contributed by atoms with E-state index in [-0.39, 0.29) is 17.9 Å². The predicted octanol–water partition coefficient (Wildman–Crippen LogP) is 1.29. The van der Waals surface area contributed by atoms with Crippen molar-refractivity contribution in [3.8, 4) is 0 Å². The Labute approximate surface area is 105 Å². The quantitative estimate of drug-likeness (QED) is 0.779. The first kappa shape index (κ1) is 13.5. The minimum absolute atomic E-state index is 0.00518. The summed E-state index contributed by atoms with van der Waals surface area (Å²) in [5, 5.41) is 2.89. The molecule has 1 rings (SSSR count). The molecular weight excluding hydrogens is 272 g/mol. The van der Waals surface area contributed by atoms with Crippen LogP contribution in [-0.4, -0.2) is 40.2 Å². The normalized spacial score (nSPS) is 18.4. The van der Waals surface area contributed by atoms with Gasteiger partial charge >= 0.3 is 0 Å². The molecule has 5 heteroatoms. The molecule has 0 bridgehead atoms. The summed E-state index contributed by atoms with van der Waals surface area (Å²) in [4.78, 5) is 24.7. The number of hydrogen-bond donors (Lipinski definition) is 1. The smallest absolute Gasteiger partial charge is 0.238 e. The third-order valence-electron chi connectivity index (χ3n) is 2.70. The molecule has 4 nitrogen and oxygen atoms in total. The third kappa shape index (κ3) is 3.77. The summed E-state index contributed by atoms with van der Waals surface area (Å²) in [5.41, 5.74) is 0. The molecule has 0 aromatic heterocycles. The van der Waals surface area contributed by atoms with Crippen LogP contribution in [0.1, 0.15) is 33.6 Å². The van der Waals surface area contributed by atoms with Crippen molar-refractivity contribution in [1.29, 1.82) is 0 Å². The minimum Gasteiger partial charge on any atom is -0.353 e. The van der Waals surface area contributed by atoms with E-state index < -0.39 is 4.32 Å². The van der Waals surface area contributed by atoms with E-state index in [0.717, 1.165) is 25.9 Å². The van der Waals surface area contributed by atoms with Gasteiger partial charge in [0.15, 0.2) is 0 Å². The fourth-order valence-corrected chi connectivity index (χ4v) is 2.14. The molecule has 0 atom stereocenters. The Kier molecular flexibility index (Phi) is 4.35. The van der Waals surface area contributed by atoms with Gasteiger partial charge in [-0.2, -0.15) is 0 Å². The SMILES string of the molecule is CC(=O)NC1CCN(C(=O)C(C)(C)Br)CC1. The number of piperidine rings is 1. The molecule has 2 amide bonds.